The molecule has 2 aromatic rings. The minimum absolute atomic E-state index is 0.398. The second kappa shape index (κ2) is 6.69. The highest BCUT2D eigenvalue weighted by atomic mass is 16.7. The van der Waals surface area contributed by atoms with Gasteiger partial charge in [0.15, 0.2) is 0 Å². The van der Waals surface area contributed by atoms with Crippen molar-refractivity contribution in [1.29, 1.82) is 0 Å². The third-order valence-corrected chi connectivity index (χ3v) is 5.50. The Morgan fingerprint density at radius 2 is 1.65 bits per heavy atom. The Morgan fingerprint density at radius 3 is 2.23 bits per heavy atom. The molecule has 0 spiro atoms. The number of methoxy groups -OCH3 is 1. The average molecular weight is 355 g/mol. The van der Waals surface area contributed by atoms with Gasteiger partial charge in [0.1, 0.15) is 6.04 Å². The number of nitrogens with two attached hydrogens (primary N) is 1. The van der Waals surface area contributed by atoms with Gasteiger partial charge in [0.05, 0.1) is 18.3 Å². The molecule has 0 radical (unpaired) electrons. The van der Waals surface area contributed by atoms with E-state index < -0.39 is 30.3 Å². The van der Waals surface area contributed by atoms with Crippen molar-refractivity contribution >= 4 is 29.3 Å². The maximum Gasteiger partial charge on any atom is 0.495 e. The molecule has 138 valence electrons. The lowest BCUT2D eigenvalue weighted by Gasteiger charge is -2.32. The van der Waals surface area contributed by atoms with Crippen LogP contribution in [0.15, 0.2) is 36.4 Å². The molecule has 2 N–H and O–H groups in total. The Morgan fingerprint density at radius 1 is 1.08 bits per heavy atom. The lowest BCUT2D eigenvalue weighted by Crippen LogP contribution is -2.41. The van der Waals surface area contributed by atoms with Crippen molar-refractivity contribution in [3.05, 3.63) is 42.0 Å². The van der Waals surface area contributed by atoms with Gasteiger partial charge >= 0.3 is 13.1 Å². The highest BCUT2D eigenvalue weighted by molar-refractivity contribution is 6.65. The minimum Gasteiger partial charge on any atom is -0.468 e. The second-order valence-electron chi connectivity index (χ2n) is 7.78. The molecule has 0 bridgehead atoms. The molecule has 1 aliphatic heterocycles. The first kappa shape index (κ1) is 18.9. The topological polar surface area (TPSA) is 70.8 Å². The van der Waals surface area contributed by atoms with Crippen LogP contribution in [0, 0.1) is 0 Å². The van der Waals surface area contributed by atoms with Crippen LogP contribution in [0.1, 0.15) is 33.3 Å². The third kappa shape index (κ3) is 3.25. The van der Waals surface area contributed by atoms with Gasteiger partial charge in [0, 0.05) is 0 Å². The number of hydrogen-bond acceptors (Lipinski definition) is 5. The Bertz CT molecular complexity index is 818. The first-order valence-electron chi connectivity index (χ1n) is 8.86. The zero-order chi connectivity index (χ0) is 19.1. The summed E-state index contributed by atoms with van der Waals surface area (Å²) in [4.78, 5) is 11.7. The minimum atomic E-state index is -0.689. The molecule has 2 aromatic carbocycles. The van der Waals surface area contributed by atoms with E-state index >= 15 is 0 Å². The first-order chi connectivity index (χ1) is 12.2. The number of esters is 1. The van der Waals surface area contributed by atoms with Gasteiger partial charge in [-0.3, -0.25) is 4.79 Å². The molecule has 0 amide bonds. The number of hydrogen-bond donors (Lipinski definition) is 1. The van der Waals surface area contributed by atoms with Gasteiger partial charge in [-0.15, -0.1) is 0 Å². The zero-order valence-electron chi connectivity index (χ0n) is 16.0. The molecule has 0 aromatic heterocycles. The van der Waals surface area contributed by atoms with E-state index in [0.29, 0.717) is 6.42 Å². The van der Waals surface area contributed by atoms with Crippen LogP contribution in [0.4, 0.5) is 0 Å². The van der Waals surface area contributed by atoms with Crippen LogP contribution in [0.2, 0.25) is 0 Å². The molecule has 1 heterocycles. The van der Waals surface area contributed by atoms with E-state index in [-0.39, 0.29) is 0 Å². The van der Waals surface area contributed by atoms with Crippen molar-refractivity contribution in [1.82, 2.24) is 0 Å². The van der Waals surface area contributed by atoms with Gasteiger partial charge < -0.3 is 19.8 Å². The third-order valence-electron chi connectivity index (χ3n) is 5.50. The summed E-state index contributed by atoms with van der Waals surface area (Å²) in [6.45, 7) is 8.16. The number of rotatable bonds is 4. The van der Waals surface area contributed by atoms with Gasteiger partial charge in [-0.2, -0.15) is 0 Å². The van der Waals surface area contributed by atoms with Gasteiger partial charge in [0.2, 0.25) is 0 Å². The summed E-state index contributed by atoms with van der Waals surface area (Å²) in [5, 5.41) is 2.08. The summed E-state index contributed by atoms with van der Waals surface area (Å²) in [7, 11) is 0.912. The first-order valence-corrected chi connectivity index (χ1v) is 8.86. The van der Waals surface area contributed by atoms with Crippen LogP contribution >= 0.6 is 0 Å². The van der Waals surface area contributed by atoms with Crippen LogP contribution in [0.25, 0.3) is 10.8 Å². The normalized spacial score (nSPS) is 19.5. The summed E-state index contributed by atoms with van der Waals surface area (Å²) in [5.74, 6) is -0.413. The van der Waals surface area contributed by atoms with E-state index in [1.54, 1.807) is 0 Å². The van der Waals surface area contributed by atoms with Crippen molar-refractivity contribution in [2.45, 2.75) is 51.4 Å². The predicted octanol–water partition coefficient (Wildman–Crippen LogP) is 2.18. The maximum atomic E-state index is 11.7. The van der Waals surface area contributed by atoms with E-state index in [9.17, 15) is 4.79 Å². The van der Waals surface area contributed by atoms with Crippen LogP contribution < -0.4 is 11.2 Å². The number of fused-ring (bicyclic) bond motifs is 1. The Hall–Kier alpha value is -1.89. The lowest BCUT2D eigenvalue weighted by atomic mass is 9.75. The monoisotopic (exact) mass is 355 g/mol. The number of carbonyl (C=O) groups is 1. The highest BCUT2D eigenvalue weighted by Crippen LogP contribution is 2.37. The molecule has 0 aliphatic carbocycles. The molecule has 1 fully saturated rings. The molecule has 1 saturated heterocycles. The SMILES string of the molecule is COC(=O)[C@@H](N)Cc1ccc(B2OC(C)(C)C(C)(C)O2)c2ccccc12. The van der Waals surface area contributed by atoms with E-state index in [1.807, 2.05) is 64.1 Å². The molecule has 26 heavy (non-hydrogen) atoms. The van der Waals surface area contributed by atoms with E-state index in [1.165, 1.54) is 7.11 Å². The van der Waals surface area contributed by atoms with Gasteiger partial charge in [-0.25, -0.2) is 0 Å². The fourth-order valence-electron chi connectivity index (χ4n) is 3.21. The standard InChI is InChI=1S/C20H26BNO4/c1-19(2)20(3,4)26-21(25-19)16-11-10-13(12-17(22)18(23)24-5)14-8-6-7-9-15(14)16/h6-11,17H,12,22H2,1-5H3/t17-/m0/s1. The van der Waals surface area contributed by atoms with Gasteiger partial charge in [-0.05, 0) is 55.9 Å². The summed E-state index contributed by atoms with van der Waals surface area (Å²) in [6, 6.07) is 11.3. The van der Waals surface area contributed by atoms with Crippen molar-refractivity contribution in [3.8, 4) is 0 Å². The Kier molecular flexibility index (Phi) is 4.86. The Balaban J connectivity index is 2.00. The summed E-state index contributed by atoms with van der Waals surface area (Å²) >= 11 is 0. The quantitative estimate of drug-likeness (QED) is 0.673. The molecular weight excluding hydrogens is 329 g/mol. The van der Waals surface area contributed by atoms with Crippen molar-refractivity contribution in [2.75, 3.05) is 7.11 Å². The number of benzene rings is 2. The largest absolute Gasteiger partial charge is 0.495 e. The average Bonchev–Trinajstić information content (AvgIpc) is 2.81. The lowest BCUT2D eigenvalue weighted by molar-refractivity contribution is -0.142. The van der Waals surface area contributed by atoms with Crippen LogP contribution in [-0.2, 0) is 25.3 Å². The van der Waals surface area contributed by atoms with Crippen molar-refractivity contribution in [3.63, 3.8) is 0 Å². The van der Waals surface area contributed by atoms with E-state index in [4.69, 9.17) is 19.8 Å². The van der Waals surface area contributed by atoms with Gasteiger partial charge in [0.25, 0.3) is 0 Å². The van der Waals surface area contributed by atoms with Crippen molar-refractivity contribution in [2.24, 2.45) is 5.73 Å². The van der Waals surface area contributed by atoms with Crippen LogP contribution in [0.3, 0.4) is 0 Å². The predicted molar refractivity (Wildman–Crippen MR) is 103 cm³/mol. The molecule has 5 nitrogen and oxygen atoms in total. The summed E-state index contributed by atoms with van der Waals surface area (Å²) in [5.41, 5.74) is 7.14. The maximum absolute atomic E-state index is 11.7. The van der Waals surface area contributed by atoms with E-state index in [2.05, 4.69) is 0 Å². The van der Waals surface area contributed by atoms with E-state index in [0.717, 1.165) is 21.8 Å². The summed E-state index contributed by atoms with van der Waals surface area (Å²) in [6.07, 6.45) is 0.414. The molecule has 0 unspecified atom stereocenters. The molecule has 1 atom stereocenters. The number of carbonyl (C=O) groups excluding carboxylic acids is 1. The molecule has 1 aliphatic rings. The second-order valence-corrected chi connectivity index (χ2v) is 7.78. The number of ether oxygens (including phenoxy) is 1. The van der Waals surface area contributed by atoms with Crippen LogP contribution in [0.5, 0.6) is 0 Å². The fraction of sp³-hybridized carbons (Fsp3) is 0.450. The fourth-order valence-corrected chi connectivity index (χ4v) is 3.21. The smallest absolute Gasteiger partial charge is 0.468 e. The molecular formula is C20H26BNO4. The molecule has 0 saturated carbocycles. The highest BCUT2D eigenvalue weighted by Gasteiger charge is 2.52. The zero-order valence-corrected chi connectivity index (χ0v) is 16.0. The summed E-state index contributed by atoms with van der Waals surface area (Å²) < 4.78 is 17.2. The van der Waals surface area contributed by atoms with Crippen LogP contribution in [-0.4, -0.2) is 37.4 Å². The van der Waals surface area contributed by atoms with Gasteiger partial charge in [-0.1, -0.05) is 36.4 Å². The molecule has 3 rings (SSSR count). The van der Waals surface area contributed by atoms with Crippen molar-refractivity contribution < 1.29 is 18.8 Å². The Labute approximate surface area is 154 Å². The molecule has 6 heteroatoms.